The van der Waals surface area contributed by atoms with Gasteiger partial charge in [0.05, 0.1) is 36.8 Å². The van der Waals surface area contributed by atoms with Gasteiger partial charge in [-0.05, 0) is 37.6 Å². The summed E-state index contributed by atoms with van der Waals surface area (Å²) in [5.41, 5.74) is 2.01. The Hall–Kier alpha value is -1.69. The van der Waals surface area contributed by atoms with Crippen molar-refractivity contribution in [1.82, 2.24) is 9.88 Å². The van der Waals surface area contributed by atoms with Gasteiger partial charge >= 0.3 is 0 Å². The Labute approximate surface area is 142 Å². The third kappa shape index (κ3) is 3.53. The molecule has 4 heterocycles. The van der Waals surface area contributed by atoms with Crippen LogP contribution in [0, 0.1) is 6.92 Å². The number of hydrogen-bond acceptors (Lipinski definition) is 5. The molecule has 4 rings (SSSR count). The van der Waals surface area contributed by atoms with Gasteiger partial charge < -0.3 is 13.9 Å². The van der Waals surface area contributed by atoms with Crippen LogP contribution in [0.25, 0.3) is 0 Å². The number of rotatable bonds is 5. The zero-order valence-corrected chi connectivity index (χ0v) is 14.1. The van der Waals surface area contributed by atoms with Gasteiger partial charge in [-0.2, -0.15) is 0 Å². The first-order valence-electron chi connectivity index (χ1n) is 8.64. The van der Waals surface area contributed by atoms with Crippen molar-refractivity contribution in [1.29, 1.82) is 0 Å². The van der Waals surface area contributed by atoms with Crippen molar-refractivity contribution >= 4 is 0 Å². The average molecular weight is 328 g/mol. The van der Waals surface area contributed by atoms with E-state index in [2.05, 4.69) is 9.88 Å². The van der Waals surface area contributed by atoms with Crippen LogP contribution in [0.15, 0.2) is 41.0 Å². The Morgan fingerprint density at radius 2 is 2.21 bits per heavy atom. The molecule has 5 nitrogen and oxygen atoms in total. The SMILES string of the molecule is Cc1cccc(CO[C@H]2CCOC3(C2)CN(Cc2ccco2)C3)n1. The van der Waals surface area contributed by atoms with Gasteiger partial charge in [0, 0.05) is 31.8 Å². The van der Waals surface area contributed by atoms with E-state index in [0.29, 0.717) is 6.61 Å². The maximum Gasteiger partial charge on any atom is 0.117 e. The van der Waals surface area contributed by atoms with Crippen LogP contribution in [0.3, 0.4) is 0 Å². The highest BCUT2D eigenvalue weighted by molar-refractivity contribution is 5.09. The van der Waals surface area contributed by atoms with Gasteiger partial charge in [-0.15, -0.1) is 0 Å². The first-order chi connectivity index (χ1) is 11.7. The summed E-state index contributed by atoms with van der Waals surface area (Å²) in [4.78, 5) is 6.87. The van der Waals surface area contributed by atoms with E-state index < -0.39 is 0 Å². The highest BCUT2D eigenvalue weighted by Gasteiger charge is 2.47. The molecule has 0 saturated carbocycles. The number of ether oxygens (including phenoxy) is 2. The first-order valence-corrected chi connectivity index (χ1v) is 8.64. The lowest BCUT2D eigenvalue weighted by molar-refractivity contribution is -0.201. The number of furan rings is 1. The molecule has 0 amide bonds. The average Bonchev–Trinajstić information content (AvgIpc) is 3.05. The number of pyridine rings is 1. The predicted octanol–water partition coefficient (Wildman–Crippen LogP) is 2.93. The molecule has 2 aliphatic heterocycles. The first kappa shape index (κ1) is 15.8. The van der Waals surface area contributed by atoms with Gasteiger partial charge in [0.25, 0.3) is 0 Å². The lowest BCUT2D eigenvalue weighted by atomic mass is 9.84. The standard InChI is InChI=1S/C19H24N2O3/c1-15-4-2-5-16(20-15)12-23-17-7-9-24-19(10-17)13-21(14-19)11-18-6-3-8-22-18/h2-6,8,17H,7,9-14H2,1H3/t17-/m0/s1. The molecule has 2 aromatic heterocycles. The summed E-state index contributed by atoms with van der Waals surface area (Å²) in [6.07, 6.45) is 3.91. The number of nitrogens with zero attached hydrogens (tertiary/aromatic N) is 2. The largest absolute Gasteiger partial charge is 0.468 e. The van der Waals surface area contributed by atoms with E-state index in [1.165, 1.54) is 0 Å². The molecule has 0 unspecified atom stereocenters. The molecule has 0 aliphatic carbocycles. The second kappa shape index (κ2) is 6.67. The third-order valence-electron chi connectivity index (χ3n) is 4.84. The summed E-state index contributed by atoms with van der Waals surface area (Å²) in [5.74, 6) is 1.01. The smallest absolute Gasteiger partial charge is 0.117 e. The minimum atomic E-state index is -0.0322. The topological polar surface area (TPSA) is 47.7 Å². The van der Waals surface area contributed by atoms with Crippen LogP contribution < -0.4 is 0 Å². The lowest BCUT2D eigenvalue weighted by Crippen LogP contribution is -2.65. The van der Waals surface area contributed by atoms with Crippen molar-refractivity contribution in [2.24, 2.45) is 0 Å². The minimum Gasteiger partial charge on any atom is -0.468 e. The molecule has 0 radical (unpaired) electrons. The molecular formula is C19H24N2O3. The summed E-state index contributed by atoms with van der Waals surface area (Å²) in [7, 11) is 0. The van der Waals surface area contributed by atoms with E-state index in [1.807, 2.05) is 37.3 Å². The molecule has 2 aliphatic rings. The summed E-state index contributed by atoms with van der Waals surface area (Å²) < 4.78 is 17.6. The number of likely N-dealkylation sites (tertiary alicyclic amines) is 1. The number of aryl methyl sites for hydroxylation is 1. The zero-order chi connectivity index (χ0) is 16.4. The lowest BCUT2D eigenvalue weighted by Gasteiger charge is -2.53. The van der Waals surface area contributed by atoms with Crippen molar-refractivity contribution in [3.05, 3.63) is 53.7 Å². The molecule has 0 bridgehead atoms. The van der Waals surface area contributed by atoms with Crippen LogP contribution in [0.2, 0.25) is 0 Å². The number of aromatic nitrogens is 1. The Morgan fingerprint density at radius 1 is 1.29 bits per heavy atom. The third-order valence-corrected chi connectivity index (χ3v) is 4.84. The van der Waals surface area contributed by atoms with Crippen molar-refractivity contribution < 1.29 is 13.9 Å². The molecule has 2 aromatic rings. The van der Waals surface area contributed by atoms with E-state index in [9.17, 15) is 0 Å². The summed E-state index contributed by atoms with van der Waals surface area (Å²) in [5, 5.41) is 0. The van der Waals surface area contributed by atoms with Crippen molar-refractivity contribution in [2.45, 2.75) is 44.6 Å². The van der Waals surface area contributed by atoms with E-state index in [4.69, 9.17) is 13.9 Å². The Bertz CT molecular complexity index is 665. The predicted molar refractivity (Wildman–Crippen MR) is 89.5 cm³/mol. The fourth-order valence-electron chi connectivity index (χ4n) is 3.73. The molecule has 2 fully saturated rings. The van der Waals surface area contributed by atoms with Crippen LogP contribution in [0.4, 0.5) is 0 Å². The summed E-state index contributed by atoms with van der Waals surface area (Å²) in [6, 6.07) is 10.0. The van der Waals surface area contributed by atoms with Gasteiger partial charge in [-0.1, -0.05) is 6.07 Å². The molecule has 24 heavy (non-hydrogen) atoms. The summed E-state index contributed by atoms with van der Waals surface area (Å²) >= 11 is 0. The molecular weight excluding hydrogens is 304 g/mol. The second-order valence-electron chi connectivity index (χ2n) is 6.95. The fraction of sp³-hybridized carbons (Fsp3) is 0.526. The van der Waals surface area contributed by atoms with Crippen LogP contribution in [-0.2, 0) is 22.6 Å². The Kier molecular flexibility index (Phi) is 4.39. The monoisotopic (exact) mass is 328 g/mol. The van der Waals surface area contributed by atoms with E-state index in [-0.39, 0.29) is 11.7 Å². The fourth-order valence-corrected chi connectivity index (χ4v) is 3.73. The molecule has 1 atom stereocenters. The van der Waals surface area contributed by atoms with Gasteiger partial charge in [0.15, 0.2) is 0 Å². The van der Waals surface area contributed by atoms with Gasteiger partial charge in [-0.25, -0.2) is 0 Å². The van der Waals surface area contributed by atoms with Crippen LogP contribution in [0.5, 0.6) is 0 Å². The molecule has 5 heteroatoms. The van der Waals surface area contributed by atoms with Gasteiger partial charge in [0.1, 0.15) is 5.76 Å². The van der Waals surface area contributed by atoms with Gasteiger partial charge in [-0.3, -0.25) is 9.88 Å². The molecule has 128 valence electrons. The van der Waals surface area contributed by atoms with Gasteiger partial charge in [0.2, 0.25) is 0 Å². The number of hydrogen-bond donors (Lipinski definition) is 0. The van der Waals surface area contributed by atoms with E-state index in [0.717, 1.165) is 56.2 Å². The van der Waals surface area contributed by atoms with Crippen molar-refractivity contribution in [3.63, 3.8) is 0 Å². The highest BCUT2D eigenvalue weighted by atomic mass is 16.5. The van der Waals surface area contributed by atoms with Crippen LogP contribution in [-0.4, -0.2) is 41.3 Å². The van der Waals surface area contributed by atoms with Crippen molar-refractivity contribution in [3.8, 4) is 0 Å². The summed E-state index contributed by atoms with van der Waals surface area (Å²) in [6.45, 7) is 6.14. The van der Waals surface area contributed by atoms with Crippen LogP contribution >= 0.6 is 0 Å². The van der Waals surface area contributed by atoms with Crippen LogP contribution in [0.1, 0.15) is 30.0 Å². The van der Waals surface area contributed by atoms with Crippen molar-refractivity contribution in [2.75, 3.05) is 19.7 Å². The Balaban J connectivity index is 1.27. The highest BCUT2D eigenvalue weighted by Crippen LogP contribution is 2.36. The molecule has 0 aromatic carbocycles. The molecule has 1 spiro atoms. The maximum atomic E-state index is 6.12. The second-order valence-corrected chi connectivity index (χ2v) is 6.95. The normalized spacial score (nSPS) is 23.3. The Morgan fingerprint density at radius 3 is 3.00 bits per heavy atom. The maximum absolute atomic E-state index is 6.12. The minimum absolute atomic E-state index is 0.0322. The van der Waals surface area contributed by atoms with E-state index in [1.54, 1.807) is 6.26 Å². The van der Waals surface area contributed by atoms with E-state index >= 15 is 0 Å². The molecule has 0 N–H and O–H groups in total. The zero-order valence-electron chi connectivity index (χ0n) is 14.1. The quantitative estimate of drug-likeness (QED) is 0.844. The molecule has 2 saturated heterocycles.